The van der Waals surface area contributed by atoms with Gasteiger partial charge in [-0.1, -0.05) is 32.4 Å². The Hall–Kier alpha value is -0.420. The maximum Gasteiger partial charge on any atom is 0.176 e. The summed E-state index contributed by atoms with van der Waals surface area (Å²) >= 11 is 0. The number of aliphatic hydroxyl groups is 2. The van der Waals surface area contributed by atoms with Gasteiger partial charge in [-0.2, -0.15) is 0 Å². The van der Waals surface area contributed by atoms with Gasteiger partial charge in [-0.3, -0.25) is 0 Å². The summed E-state index contributed by atoms with van der Waals surface area (Å²) in [5.74, 6) is 0.565. The fourth-order valence-corrected chi connectivity index (χ4v) is 8.16. The molecule has 0 aromatic heterocycles. The molecule has 4 heteroatoms. The van der Waals surface area contributed by atoms with Crippen molar-refractivity contribution in [2.45, 2.75) is 77.3 Å². The van der Waals surface area contributed by atoms with E-state index in [0.29, 0.717) is 11.8 Å². The average molecular weight is 363 g/mol. The molecule has 8 atom stereocenters. The first-order valence-electron chi connectivity index (χ1n) is 10.5. The second-order valence-electron chi connectivity index (χ2n) is 10.5. The second-order valence-corrected chi connectivity index (χ2v) is 10.5. The molecule has 0 radical (unpaired) electrons. The molecule has 2 aliphatic heterocycles. The highest BCUT2D eigenvalue weighted by atomic mass is 16.7. The molecular weight excluding hydrogens is 328 g/mol. The quantitative estimate of drug-likeness (QED) is 0.703. The van der Waals surface area contributed by atoms with E-state index in [1.54, 1.807) is 7.11 Å². The molecule has 2 saturated heterocycles. The van der Waals surface area contributed by atoms with Gasteiger partial charge in [-0.15, -0.1) is 0 Å². The summed E-state index contributed by atoms with van der Waals surface area (Å²) in [5.41, 5.74) is 1.17. The molecule has 0 aromatic rings. The van der Waals surface area contributed by atoms with Crippen LogP contribution in [0, 0.1) is 34.0 Å². The molecular formula is C22H34O4. The lowest BCUT2D eigenvalue weighted by molar-refractivity contribution is -0.346. The molecule has 2 bridgehead atoms. The highest BCUT2D eigenvalue weighted by Gasteiger charge is 2.70. The summed E-state index contributed by atoms with van der Waals surface area (Å²) in [7, 11) is 1.76. The smallest absolute Gasteiger partial charge is 0.176 e. The molecule has 0 aromatic carbocycles. The lowest BCUT2D eigenvalue weighted by atomic mass is 9.42. The highest BCUT2D eigenvalue weighted by Crippen LogP contribution is 2.71. The van der Waals surface area contributed by atoms with E-state index in [2.05, 4.69) is 26.8 Å². The number of rotatable bonds is 1. The van der Waals surface area contributed by atoms with Crippen LogP contribution in [0.5, 0.6) is 0 Å². The molecule has 26 heavy (non-hydrogen) atoms. The van der Waals surface area contributed by atoms with Crippen LogP contribution in [-0.4, -0.2) is 41.9 Å². The molecule has 8 unspecified atom stereocenters. The third-order valence-electron chi connectivity index (χ3n) is 9.68. The lowest BCUT2D eigenvalue weighted by Gasteiger charge is -2.68. The van der Waals surface area contributed by atoms with E-state index in [-0.39, 0.29) is 28.3 Å². The van der Waals surface area contributed by atoms with E-state index >= 15 is 0 Å². The van der Waals surface area contributed by atoms with E-state index in [0.717, 1.165) is 45.1 Å². The molecule has 146 valence electrons. The van der Waals surface area contributed by atoms with Crippen LogP contribution in [0.25, 0.3) is 0 Å². The Bertz CT molecular complexity index is 645. The van der Waals surface area contributed by atoms with Crippen LogP contribution in [0.1, 0.15) is 59.3 Å². The number of aliphatic hydroxyl groups excluding tert-OH is 2. The fourth-order valence-electron chi connectivity index (χ4n) is 8.16. The maximum atomic E-state index is 11.3. The van der Waals surface area contributed by atoms with Gasteiger partial charge in [0, 0.05) is 24.4 Å². The van der Waals surface area contributed by atoms with E-state index in [1.807, 2.05) is 0 Å². The topological polar surface area (TPSA) is 58.9 Å². The van der Waals surface area contributed by atoms with Crippen LogP contribution >= 0.6 is 0 Å². The number of hydrogen-bond acceptors (Lipinski definition) is 4. The van der Waals surface area contributed by atoms with Crippen LogP contribution in [0.2, 0.25) is 0 Å². The first kappa shape index (κ1) is 17.7. The van der Waals surface area contributed by atoms with Crippen LogP contribution < -0.4 is 0 Å². The van der Waals surface area contributed by atoms with Gasteiger partial charge in [0.2, 0.25) is 0 Å². The van der Waals surface area contributed by atoms with Crippen molar-refractivity contribution in [3.8, 4) is 0 Å². The Labute approximate surface area is 156 Å². The van der Waals surface area contributed by atoms with Gasteiger partial charge in [0.05, 0.1) is 18.8 Å². The summed E-state index contributed by atoms with van der Waals surface area (Å²) in [6.45, 7) is 7.44. The summed E-state index contributed by atoms with van der Waals surface area (Å²) in [4.78, 5) is 0. The SMILES string of the molecule is COC12CCC3(CO1)C(=CC(O)C1C3CCC3(C)C(O)CCC13)C2(C)C. The van der Waals surface area contributed by atoms with Crippen molar-refractivity contribution >= 4 is 0 Å². The molecule has 6 rings (SSSR count). The molecule has 5 fully saturated rings. The van der Waals surface area contributed by atoms with Crippen molar-refractivity contribution in [1.82, 2.24) is 0 Å². The first-order valence-corrected chi connectivity index (χ1v) is 10.5. The Morgan fingerprint density at radius 3 is 2.46 bits per heavy atom. The van der Waals surface area contributed by atoms with Crippen molar-refractivity contribution in [3.05, 3.63) is 11.6 Å². The minimum atomic E-state index is -0.556. The zero-order chi connectivity index (χ0) is 18.5. The standard InChI is InChI=1S/C22H34O4/c1-19(2)16-11-15(23)18-13-5-6-17(24)20(13,3)8-7-14(18)21(16)9-10-22(19,25-4)26-12-21/h11,13-15,17-18,23-24H,5-10,12H2,1-4H3. The van der Waals surface area contributed by atoms with Crippen LogP contribution in [0.4, 0.5) is 0 Å². The summed E-state index contributed by atoms with van der Waals surface area (Å²) in [6.07, 6.45) is 7.65. The zero-order valence-electron chi connectivity index (χ0n) is 16.6. The second kappa shape index (κ2) is 5.14. The Morgan fingerprint density at radius 2 is 1.81 bits per heavy atom. The van der Waals surface area contributed by atoms with E-state index in [1.165, 1.54) is 5.57 Å². The third kappa shape index (κ3) is 1.76. The Kier molecular flexibility index (Phi) is 3.49. The molecule has 2 heterocycles. The van der Waals surface area contributed by atoms with Crippen LogP contribution in [-0.2, 0) is 9.47 Å². The van der Waals surface area contributed by atoms with Crippen molar-refractivity contribution in [2.24, 2.45) is 34.0 Å². The van der Waals surface area contributed by atoms with Gasteiger partial charge >= 0.3 is 0 Å². The monoisotopic (exact) mass is 362 g/mol. The predicted molar refractivity (Wildman–Crippen MR) is 98.3 cm³/mol. The Morgan fingerprint density at radius 1 is 1.04 bits per heavy atom. The minimum Gasteiger partial charge on any atom is -0.393 e. The predicted octanol–water partition coefficient (Wildman–Crippen LogP) is 3.27. The van der Waals surface area contributed by atoms with E-state index < -0.39 is 11.9 Å². The van der Waals surface area contributed by atoms with Gasteiger partial charge in [0.25, 0.3) is 0 Å². The van der Waals surface area contributed by atoms with Crippen molar-refractivity contribution in [1.29, 1.82) is 0 Å². The normalized spacial score (nSPS) is 57.2. The van der Waals surface area contributed by atoms with Crippen molar-refractivity contribution in [3.63, 3.8) is 0 Å². The first-order chi connectivity index (χ1) is 12.2. The van der Waals surface area contributed by atoms with Crippen molar-refractivity contribution < 1.29 is 19.7 Å². The van der Waals surface area contributed by atoms with E-state index in [4.69, 9.17) is 9.47 Å². The number of methoxy groups -OCH3 is 1. The molecule has 2 N–H and O–H groups in total. The largest absolute Gasteiger partial charge is 0.393 e. The average Bonchev–Trinajstić information content (AvgIpc) is 2.92. The summed E-state index contributed by atoms with van der Waals surface area (Å²) < 4.78 is 12.4. The van der Waals surface area contributed by atoms with Gasteiger partial charge in [-0.05, 0) is 55.3 Å². The molecule has 1 spiro atoms. The Balaban J connectivity index is 1.62. The van der Waals surface area contributed by atoms with Gasteiger partial charge in [0.1, 0.15) is 0 Å². The van der Waals surface area contributed by atoms with Crippen LogP contribution in [0.15, 0.2) is 11.6 Å². The van der Waals surface area contributed by atoms with Gasteiger partial charge in [0.15, 0.2) is 5.79 Å². The minimum absolute atomic E-state index is 0.0277. The highest BCUT2D eigenvalue weighted by molar-refractivity contribution is 5.37. The molecule has 4 nitrogen and oxygen atoms in total. The fraction of sp³-hybridized carbons (Fsp3) is 0.909. The summed E-state index contributed by atoms with van der Waals surface area (Å²) in [5, 5.41) is 21.9. The maximum absolute atomic E-state index is 11.3. The van der Waals surface area contributed by atoms with Gasteiger partial charge in [-0.25, -0.2) is 0 Å². The molecule has 4 aliphatic carbocycles. The van der Waals surface area contributed by atoms with E-state index in [9.17, 15) is 10.2 Å². The number of hydrogen-bond donors (Lipinski definition) is 2. The molecule has 6 aliphatic rings. The number of ether oxygens (including phenoxy) is 2. The van der Waals surface area contributed by atoms with Crippen molar-refractivity contribution in [2.75, 3.05) is 13.7 Å². The van der Waals surface area contributed by atoms with Gasteiger partial charge < -0.3 is 19.7 Å². The molecule has 0 amide bonds. The lowest BCUT2D eigenvalue weighted by Crippen LogP contribution is -2.69. The summed E-state index contributed by atoms with van der Waals surface area (Å²) in [6, 6.07) is 0. The number of fused-ring (bicyclic) bond motifs is 5. The molecule has 3 saturated carbocycles. The van der Waals surface area contributed by atoms with Crippen LogP contribution in [0.3, 0.4) is 0 Å². The zero-order valence-corrected chi connectivity index (χ0v) is 16.6. The third-order valence-corrected chi connectivity index (χ3v) is 9.68.